The van der Waals surface area contributed by atoms with E-state index in [0.717, 1.165) is 13.0 Å². The first kappa shape index (κ1) is 25.4. The Bertz CT molecular complexity index is 507. The Morgan fingerprint density at radius 3 is 1.93 bits per heavy atom. The van der Waals surface area contributed by atoms with Crippen molar-refractivity contribution < 1.29 is 4.43 Å². The molecule has 0 bridgehead atoms. The molecule has 0 heterocycles. The molecule has 0 N–H and O–H groups in total. The molecule has 0 fully saturated rings. The molecule has 0 aromatic heterocycles. The van der Waals surface area contributed by atoms with Crippen LogP contribution in [0, 0.1) is 5.41 Å². The molecule has 1 unspecified atom stereocenters. The Morgan fingerprint density at radius 1 is 0.929 bits per heavy atom. The number of hydrogen-bond acceptors (Lipinski definition) is 3. The van der Waals surface area contributed by atoms with Gasteiger partial charge in [0.25, 0.3) is 0 Å². The number of hydrogen-bond donors (Lipinski definition) is 0. The summed E-state index contributed by atoms with van der Waals surface area (Å²) in [5.41, 5.74) is 1.83. The Morgan fingerprint density at radius 2 is 1.46 bits per heavy atom. The molecule has 0 saturated carbocycles. The van der Waals surface area contributed by atoms with Gasteiger partial charge in [0.2, 0.25) is 0 Å². The Hall–Kier alpha value is -0.683. The zero-order valence-electron chi connectivity index (χ0n) is 19.8. The van der Waals surface area contributed by atoms with Crippen LogP contribution in [0.5, 0.6) is 0 Å². The largest absolute Gasteiger partial charge is 0.417 e. The highest BCUT2D eigenvalue weighted by Gasteiger charge is 2.37. The van der Waals surface area contributed by atoms with Crippen molar-refractivity contribution in [3.8, 4) is 0 Å². The van der Waals surface area contributed by atoms with E-state index in [2.05, 4.69) is 88.7 Å². The van der Waals surface area contributed by atoms with Crippen molar-refractivity contribution in [2.24, 2.45) is 5.41 Å². The SMILES string of the molecule is CCO[Si](C)(CCc1ccccc1)CC(C)(CCCN(C)C)CCCN(C)C. The van der Waals surface area contributed by atoms with Gasteiger partial charge in [0, 0.05) is 6.61 Å². The van der Waals surface area contributed by atoms with Crippen molar-refractivity contribution in [2.75, 3.05) is 47.9 Å². The van der Waals surface area contributed by atoms with Crippen molar-refractivity contribution in [2.45, 2.75) is 64.6 Å². The molecule has 0 spiro atoms. The Balaban J connectivity index is 2.80. The first-order valence-electron chi connectivity index (χ1n) is 11.2. The van der Waals surface area contributed by atoms with Crippen LogP contribution in [0.1, 0.15) is 45.1 Å². The van der Waals surface area contributed by atoms with Crippen LogP contribution in [-0.2, 0) is 10.8 Å². The van der Waals surface area contributed by atoms with Crippen molar-refractivity contribution in [1.29, 1.82) is 0 Å². The molecule has 28 heavy (non-hydrogen) atoms. The number of aryl methyl sites for hydroxylation is 1. The minimum absolute atomic E-state index is 0.388. The lowest BCUT2D eigenvalue weighted by molar-refractivity contribution is 0.233. The standard InChI is InChI=1S/C24H46N2OSi/c1-8-27-28(7,21-16-23-14-10-9-11-15-23)22-24(2,17-12-19-25(3)4)18-13-20-26(5)6/h9-11,14-15H,8,12-13,16-22H2,1-7H3. The quantitative estimate of drug-likeness (QED) is 0.356. The zero-order chi connectivity index (χ0) is 21.0. The van der Waals surface area contributed by atoms with Crippen LogP contribution in [0.4, 0.5) is 0 Å². The average Bonchev–Trinajstić information content (AvgIpc) is 2.60. The molecule has 162 valence electrons. The van der Waals surface area contributed by atoms with Gasteiger partial charge < -0.3 is 14.2 Å². The van der Waals surface area contributed by atoms with Gasteiger partial charge in [0.15, 0.2) is 8.32 Å². The lowest BCUT2D eigenvalue weighted by atomic mass is 9.82. The number of rotatable bonds is 15. The fourth-order valence-corrected chi connectivity index (χ4v) is 8.56. The summed E-state index contributed by atoms with van der Waals surface area (Å²) in [5, 5.41) is 0. The van der Waals surface area contributed by atoms with Gasteiger partial charge in [-0.15, -0.1) is 0 Å². The molecular formula is C24H46N2OSi. The topological polar surface area (TPSA) is 15.7 Å². The Kier molecular flexibility index (Phi) is 11.6. The fourth-order valence-electron chi connectivity index (χ4n) is 4.46. The van der Waals surface area contributed by atoms with E-state index >= 15 is 0 Å². The summed E-state index contributed by atoms with van der Waals surface area (Å²) in [6, 6.07) is 13.4. The highest BCUT2D eigenvalue weighted by atomic mass is 28.4. The smallest absolute Gasteiger partial charge is 0.190 e. The molecule has 1 rings (SSSR count). The highest BCUT2D eigenvalue weighted by Crippen LogP contribution is 2.40. The molecule has 1 atom stereocenters. The van der Waals surface area contributed by atoms with E-state index in [0.29, 0.717) is 5.41 Å². The van der Waals surface area contributed by atoms with Crippen molar-refractivity contribution in [3.63, 3.8) is 0 Å². The maximum absolute atomic E-state index is 6.52. The number of nitrogens with zero attached hydrogens (tertiary/aromatic N) is 2. The molecule has 1 aromatic carbocycles. The van der Waals surface area contributed by atoms with Crippen LogP contribution in [0.15, 0.2) is 30.3 Å². The van der Waals surface area contributed by atoms with Gasteiger partial charge in [-0.05, 0) is 110 Å². The lowest BCUT2D eigenvalue weighted by Gasteiger charge is -2.39. The molecule has 0 saturated heterocycles. The van der Waals surface area contributed by atoms with Crippen molar-refractivity contribution in [3.05, 3.63) is 35.9 Å². The summed E-state index contributed by atoms with van der Waals surface area (Å²) >= 11 is 0. The summed E-state index contributed by atoms with van der Waals surface area (Å²) < 4.78 is 6.52. The second-order valence-electron chi connectivity index (χ2n) is 9.67. The van der Waals surface area contributed by atoms with Gasteiger partial charge in [0.1, 0.15) is 0 Å². The Labute approximate surface area is 176 Å². The molecule has 0 radical (unpaired) electrons. The summed E-state index contributed by atoms with van der Waals surface area (Å²) in [4.78, 5) is 4.63. The second-order valence-corrected chi connectivity index (χ2v) is 13.7. The van der Waals surface area contributed by atoms with Crippen LogP contribution in [-0.4, -0.2) is 66.0 Å². The van der Waals surface area contributed by atoms with Gasteiger partial charge in [-0.1, -0.05) is 37.3 Å². The molecule has 0 amide bonds. The molecule has 4 heteroatoms. The van der Waals surface area contributed by atoms with E-state index in [1.807, 2.05) is 0 Å². The molecule has 0 aliphatic rings. The summed E-state index contributed by atoms with van der Waals surface area (Å²) in [6.07, 6.45) is 6.32. The average molecular weight is 407 g/mol. The molecule has 1 aromatic rings. The van der Waals surface area contributed by atoms with Crippen LogP contribution >= 0.6 is 0 Å². The predicted octanol–water partition coefficient (Wildman–Crippen LogP) is 5.53. The lowest BCUT2D eigenvalue weighted by Crippen LogP contribution is -2.41. The van der Waals surface area contributed by atoms with Crippen LogP contribution in [0.25, 0.3) is 0 Å². The van der Waals surface area contributed by atoms with Gasteiger partial charge >= 0.3 is 0 Å². The fraction of sp³-hybridized carbons (Fsp3) is 0.750. The van der Waals surface area contributed by atoms with Gasteiger partial charge in [0.05, 0.1) is 0 Å². The van der Waals surface area contributed by atoms with E-state index in [-0.39, 0.29) is 0 Å². The second kappa shape index (κ2) is 12.8. The van der Waals surface area contributed by atoms with Gasteiger partial charge in [-0.25, -0.2) is 0 Å². The summed E-state index contributed by atoms with van der Waals surface area (Å²) in [5.74, 6) is 0. The zero-order valence-corrected chi connectivity index (χ0v) is 20.8. The van der Waals surface area contributed by atoms with Crippen LogP contribution in [0.3, 0.4) is 0 Å². The summed E-state index contributed by atoms with van der Waals surface area (Å²) in [6.45, 7) is 10.4. The maximum Gasteiger partial charge on any atom is 0.190 e. The maximum atomic E-state index is 6.52. The van der Waals surface area contributed by atoms with Crippen LogP contribution < -0.4 is 0 Å². The molecule has 0 aliphatic heterocycles. The first-order chi connectivity index (χ1) is 13.2. The van der Waals surface area contributed by atoms with E-state index in [1.54, 1.807) is 0 Å². The third-order valence-corrected chi connectivity index (χ3v) is 9.74. The normalized spacial score (nSPS) is 14.6. The van der Waals surface area contributed by atoms with Crippen LogP contribution in [0.2, 0.25) is 18.6 Å². The van der Waals surface area contributed by atoms with Gasteiger partial charge in [-0.2, -0.15) is 0 Å². The minimum Gasteiger partial charge on any atom is -0.417 e. The predicted molar refractivity (Wildman–Crippen MR) is 127 cm³/mol. The molecule has 0 aliphatic carbocycles. The third-order valence-electron chi connectivity index (χ3n) is 5.85. The van der Waals surface area contributed by atoms with E-state index in [4.69, 9.17) is 4.43 Å². The van der Waals surface area contributed by atoms with Crippen molar-refractivity contribution in [1.82, 2.24) is 9.80 Å². The minimum atomic E-state index is -1.75. The van der Waals surface area contributed by atoms with E-state index in [9.17, 15) is 0 Å². The molecular weight excluding hydrogens is 360 g/mol. The van der Waals surface area contributed by atoms with E-state index in [1.165, 1.54) is 56.4 Å². The third kappa shape index (κ3) is 10.8. The molecule has 3 nitrogen and oxygen atoms in total. The first-order valence-corrected chi connectivity index (χ1v) is 14.0. The number of benzene rings is 1. The van der Waals surface area contributed by atoms with Crippen molar-refractivity contribution >= 4 is 8.32 Å². The highest BCUT2D eigenvalue weighted by molar-refractivity contribution is 6.72. The monoisotopic (exact) mass is 406 g/mol. The van der Waals surface area contributed by atoms with E-state index < -0.39 is 8.32 Å². The summed E-state index contributed by atoms with van der Waals surface area (Å²) in [7, 11) is 6.98. The van der Waals surface area contributed by atoms with Gasteiger partial charge in [-0.3, -0.25) is 0 Å².